The number of nitrogens with two attached hydrogens (primary N) is 2. The lowest BCUT2D eigenvalue weighted by Crippen LogP contribution is -2.58. The zero-order valence-electron chi connectivity index (χ0n) is 23.1. The quantitative estimate of drug-likeness (QED) is 0.452. The molecule has 0 bridgehead atoms. The van der Waals surface area contributed by atoms with Gasteiger partial charge in [-0.2, -0.15) is 0 Å². The molecule has 3 atom stereocenters. The van der Waals surface area contributed by atoms with Crippen LogP contribution in [0.15, 0.2) is 48.5 Å². The maximum absolute atomic E-state index is 13.7. The second-order valence-electron chi connectivity index (χ2n) is 11.1. The van der Waals surface area contributed by atoms with Crippen molar-refractivity contribution in [1.82, 2.24) is 9.80 Å². The van der Waals surface area contributed by atoms with Crippen molar-refractivity contribution in [2.45, 2.75) is 71.0 Å². The first-order valence-corrected chi connectivity index (χ1v) is 12.6. The number of carbonyl (C=O) groups excluding carboxylic acids is 3. The largest absolute Gasteiger partial charge is 0.508 e. The van der Waals surface area contributed by atoms with Crippen molar-refractivity contribution in [3.8, 4) is 5.75 Å². The summed E-state index contributed by atoms with van der Waals surface area (Å²) in [6, 6.07) is 12.0. The van der Waals surface area contributed by atoms with Crippen LogP contribution >= 0.6 is 0 Å². The molecular formula is C29H42N4O4. The van der Waals surface area contributed by atoms with E-state index in [9.17, 15) is 19.5 Å². The normalized spacial score (nSPS) is 14.1. The molecule has 5 N–H and O–H groups in total. The van der Waals surface area contributed by atoms with Crippen LogP contribution in [0.1, 0.15) is 51.3 Å². The summed E-state index contributed by atoms with van der Waals surface area (Å²) in [7, 11) is 3.10. The number of hydrogen-bond acceptors (Lipinski definition) is 5. The van der Waals surface area contributed by atoms with Crippen LogP contribution in [-0.2, 0) is 32.6 Å². The molecule has 2 aromatic rings. The van der Waals surface area contributed by atoms with Gasteiger partial charge < -0.3 is 26.4 Å². The Bertz CT molecular complexity index is 1090. The maximum atomic E-state index is 13.7. The van der Waals surface area contributed by atoms with Crippen LogP contribution in [0.25, 0.3) is 0 Å². The van der Waals surface area contributed by atoms with E-state index in [4.69, 9.17) is 11.5 Å². The van der Waals surface area contributed by atoms with E-state index in [0.717, 1.165) is 16.7 Å². The fourth-order valence-corrected chi connectivity index (χ4v) is 4.58. The van der Waals surface area contributed by atoms with Crippen molar-refractivity contribution >= 4 is 17.7 Å². The van der Waals surface area contributed by atoms with Gasteiger partial charge in [-0.25, -0.2) is 0 Å². The molecule has 0 saturated carbocycles. The monoisotopic (exact) mass is 510 g/mol. The van der Waals surface area contributed by atoms with Gasteiger partial charge >= 0.3 is 0 Å². The number of phenolic OH excluding ortho intramolecular Hbond substituents is 1. The number of phenols is 1. The number of likely N-dealkylation sites (N-methyl/N-ethyl adjacent to an activating group) is 2. The molecule has 8 nitrogen and oxygen atoms in total. The molecular weight excluding hydrogens is 468 g/mol. The SMILES string of the molecule is CC(C)[C@@H](C(=O)N(C)[C@@H](Cc1ccc(O)c(C(C)(C)C)c1)C(N)=O)N(C)C(=O)[C@@H](N)Cc1ccccc1. The van der Waals surface area contributed by atoms with E-state index in [1.165, 1.54) is 16.8 Å². The number of primary amides is 1. The van der Waals surface area contributed by atoms with E-state index < -0.39 is 29.9 Å². The Labute approximate surface area is 220 Å². The van der Waals surface area contributed by atoms with Crippen molar-refractivity contribution in [2.75, 3.05) is 14.1 Å². The van der Waals surface area contributed by atoms with Crippen LogP contribution in [0, 0.1) is 5.92 Å². The summed E-state index contributed by atoms with van der Waals surface area (Å²) in [5.74, 6) is -1.46. The molecule has 202 valence electrons. The van der Waals surface area contributed by atoms with Gasteiger partial charge in [-0.05, 0) is 40.5 Å². The number of amides is 3. The second-order valence-corrected chi connectivity index (χ2v) is 11.1. The third-order valence-electron chi connectivity index (χ3n) is 6.71. The highest BCUT2D eigenvalue weighted by atomic mass is 16.3. The number of hydrogen-bond donors (Lipinski definition) is 3. The minimum Gasteiger partial charge on any atom is -0.508 e. The molecule has 0 heterocycles. The van der Waals surface area contributed by atoms with Gasteiger partial charge in [0.2, 0.25) is 17.7 Å². The lowest BCUT2D eigenvalue weighted by molar-refractivity contribution is -0.149. The first-order chi connectivity index (χ1) is 17.1. The van der Waals surface area contributed by atoms with E-state index in [0.29, 0.717) is 6.42 Å². The Hall–Kier alpha value is -3.39. The van der Waals surface area contributed by atoms with Gasteiger partial charge in [0.15, 0.2) is 0 Å². The number of carbonyl (C=O) groups is 3. The summed E-state index contributed by atoms with van der Waals surface area (Å²) >= 11 is 0. The Balaban J connectivity index is 2.26. The van der Waals surface area contributed by atoms with Crippen molar-refractivity contribution in [3.05, 3.63) is 65.2 Å². The zero-order chi connectivity index (χ0) is 28.1. The fourth-order valence-electron chi connectivity index (χ4n) is 4.58. The van der Waals surface area contributed by atoms with Crippen LogP contribution in [0.5, 0.6) is 5.75 Å². The molecule has 2 rings (SSSR count). The Morgan fingerprint density at radius 2 is 1.49 bits per heavy atom. The maximum Gasteiger partial charge on any atom is 0.246 e. The topological polar surface area (TPSA) is 130 Å². The van der Waals surface area contributed by atoms with E-state index in [1.807, 2.05) is 71.0 Å². The van der Waals surface area contributed by atoms with Crippen LogP contribution in [0.4, 0.5) is 0 Å². The molecule has 2 aromatic carbocycles. The molecule has 37 heavy (non-hydrogen) atoms. The lowest BCUT2D eigenvalue weighted by Gasteiger charge is -2.36. The highest BCUT2D eigenvalue weighted by Crippen LogP contribution is 2.31. The first-order valence-electron chi connectivity index (χ1n) is 12.6. The summed E-state index contributed by atoms with van der Waals surface area (Å²) in [5.41, 5.74) is 14.1. The van der Waals surface area contributed by atoms with E-state index in [1.54, 1.807) is 19.2 Å². The molecule has 0 aliphatic carbocycles. The third kappa shape index (κ3) is 7.55. The molecule has 0 unspecified atom stereocenters. The van der Waals surface area contributed by atoms with Gasteiger partial charge in [-0.3, -0.25) is 14.4 Å². The fraction of sp³-hybridized carbons (Fsp3) is 0.483. The molecule has 0 saturated heterocycles. The van der Waals surface area contributed by atoms with Gasteiger partial charge in [0, 0.05) is 20.5 Å². The minimum atomic E-state index is -0.937. The molecule has 0 radical (unpaired) electrons. The Morgan fingerprint density at radius 1 is 0.892 bits per heavy atom. The van der Waals surface area contributed by atoms with Crippen LogP contribution in [-0.4, -0.2) is 64.8 Å². The highest BCUT2D eigenvalue weighted by molar-refractivity contribution is 5.93. The smallest absolute Gasteiger partial charge is 0.246 e. The van der Waals surface area contributed by atoms with Gasteiger partial charge in [0.05, 0.1) is 6.04 Å². The van der Waals surface area contributed by atoms with Gasteiger partial charge in [-0.1, -0.05) is 77.1 Å². The molecule has 3 amide bonds. The van der Waals surface area contributed by atoms with Crippen LogP contribution in [0.2, 0.25) is 0 Å². The number of aromatic hydroxyl groups is 1. The number of rotatable bonds is 10. The summed E-state index contributed by atoms with van der Waals surface area (Å²) < 4.78 is 0. The Morgan fingerprint density at radius 3 is 2.00 bits per heavy atom. The Kier molecular flexibility index (Phi) is 9.87. The second kappa shape index (κ2) is 12.2. The summed E-state index contributed by atoms with van der Waals surface area (Å²) in [5, 5.41) is 10.3. The van der Waals surface area contributed by atoms with Gasteiger partial charge in [-0.15, -0.1) is 0 Å². The zero-order valence-corrected chi connectivity index (χ0v) is 23.1. The summed E-state index contributed by atoms with van der Waals surface area (Å²) in [6.45, 7) is 9.64. The van der Waals surface area contributed by atoms with Crippen molar-refractivity contribution in [3.63, 3.8) is 0 Å². The average Bonchev–Trinajstić information content (AvgIpc) is 2.81. The molecule has 0 aromatic heterocycles. The van der Waals surface area contributed by atoms with Gasteiger partial charge in [0.25, 0.3) is 0 Å². The van der Waals surface area contributed by atoms with E-state index in [-0.39, 0.29) is 29.4 Å². The van der Waals surface area contributed by atoms with Gasteiger partial charge in [0.1, 0.15) is 17.8 Å². The minimum absolute atomic E-state index is 0.170. The molecule has 0 aliphatic rings. The number of benzene rings is 2. The standard InChI is InChI=1S/C29H42N4O4/c1-18(2)25(33(7)27(36)22(30)16-19-11-9-8-10-12-19)28(37)32(6)23(26(31)35)17-20-13-14-24(34)21(15-20)29(3,4)5/h8-15,18,22-23,25,34H,16-17,30H2,1-7H3,(H2,31,35)/t22-,23-,25-/m0/s1. The van der Waals surface area contributed by atoms with E-state index >= 15 is 0 Å². The molecule has 0 aliphatic heterocycles. The van der Waals surface area contributed by atoms with Crippen molar-refractivity contribution in [1.29, 1.82) is 0 Å². The van der Waals surface area contributed by atoms with E-state index in [2.05, 4.69) is 0 Å². The first kappa shape index (κ1) is 29.8. The van der Waals surface area contributed by atoms with Crippen LogP contribution in [0.3, 0.4) is 0 Å². The number of nitrogens with zero attached hydrogens (tertiary/aromatic N) is 2. The lowest BCUT2D eigenvalue weighted by atomic mass is 9.84. The van der Waals surface area contributed by atoms with Crippen molar-refractivity contribution < 1.29 is 19.5 Å². The summed E-state index contributed by atoms with van der Waals surface area (Å²) in [6.07, 6.45) is 0.524. The molecule has 0 fully saturated rings. The predicted molar refractivity (Wildman–Crippen MR) is 146 cm³/mol. The molecule has 8 heteroatoms. The average molecular weight is 511 g/mol. The summed E-state index contributed by atoms with van der Waals surface area (Å²) in [4.78, 5) is 42.1. The highest BCUT2D eigenvalue weighted by Gasteiger charge is 2.37. The van der Waals surface area contributed by atoms with Crippen molar-refractivity contribution in [2.24, 2.45) is 17.4 Å². The molecule has 0 spiro atoms. The predicted octanol–water partition coefficient (Wildman–Crippen LogP) is 2.60. The van der Waals surface area contributed by atoms with Crippen LogP contribution < -0.4 is 11.5 Å². The third-order valence-corrected chi connectivity index (χ3v) is 6.71.